The van der Waals surface area contributed by atoms with Gasteiger partial charge in [-0.1, -0.05) is 6.07 Å². The summed E-state index contributed by atoms with van der Waals surface area (Å²) in [6.45, 7) is 3.35. The lowest BCUT2D eigenvalue weighted by molar-refractivity contribution is 0.131. The molecule has 1 fully saturated rings. The van der Waals surface area contributed by atoms with Gasteiger partial charge in [0, 0.05) is 25.4 Å². The van der Waals surface area contributed by atoms with Gasteiger partial charge in [0.2, 0.25) is 0 Å². The molecular weight excluding hydrogens is 254 g/mol. The predicted octanol–water partition coefficient (Wildman–Crippen LogP) is 1.84. The van der Waals surface area contributed by atoms with Gasteiger partial charge in [0.25, 0.3) is 0 Å². The van der Waals surface area contributed by atoms with E-state index in [2.05, 4.69) is 10.3 Å². The molecule has 20 heavy (non-hydrogen) atoms. The van der Waals surface area contributed by atoms with E-state index < -0.39 is 0 Å². The Hall–Kier alpha value is -1.62. The summed E-state index contributed by atoms with van der Waals surface area (Å²) < 4.78 is 0. The SMILES string of the molecule is Cc1cccnc1CNC(=O)N1CCCCC1CCO. The first-order valence-electron chi connectivity index (χ1n) is 7.28. The number of pyridine rings is 1. The van der Waals surface area contributed by atoms with E-state index in [0.29, 0.717) is 13.0 Å². The lowest BCUT2D eigenvalue weighted by Gasteiger charge is -2.35. The molecule has 0 saturated carbocycles. The summed E-state index contributed by atoms with van der Waals surface area (Å²) in [5.41, 5.74) is 1.98. The van der Waals surface area contributed by atoms with Crippen molar-refractivity contribution in [1.29, 1.82) is 0 Å². The van der Waals surface area contributed by atoms with Gasteiger partial charge in [0.1, 0.15) is 0 Å². The second-order valence-corrected chi connectivity index (χ2v) is 5.28. The highest BCUT2D eigenvalue weighted by atomic mass is 16.3. The molecule has 1 atom stereocenters. The van der Waals surface area contributed by atoms with Gasteiger partial charge in [0.15, 0.2) is 0 Å². The molecule has 110 valence electrons. The summed E-state index contributed by atoms with van der Waals surface area (Å²) in [4.78, 5) is 18.4. The molecule has 5 nitrogen and oxygen atoms in total. The number of hydrogen-bond donors (Lipinski definition) is 2. The molecule has 1 unspecified atom stereocenters. The molecule has 0 aliphatic carbocycles. The summed E-state index contributed by atoms with van der Waals surface area (Å²) >= 11 is 0. The van der Waals surface area contributed by atoms with E-state index >= 15 is 0 Å². The Balaban J connectivity index is 1.91. The fraction of sp³-hybridized carbons (Fsp3) is 0.600. The van der Waals surface area contributed by atoms with E-state index in [4.69, 9.17) is 5.11 Å². The van der Waals surface area contributed by atoms with Crippen LogP contribution in [0.1, 0.15) is 36.9 Å². The number of piperidine rings is 1. The van der Waals surface area contributed by atoms with E-state index in [1.54, 1.807) is 6.20 Å². The van der Waals surface area contributed by atoms with Crippen molar-refractivity contribution < 1.29 is 9.90 Å². The third-order valence-electron chi connectivity index (χ3n) is 3.88. The number of rotatable bonds is 4. The van der Waals surface area contributed by atoms with Gasteiger partial charge in [-0.05, 0) is 44.2 Å². The van der Waals surface area contributed by atoms with E-state index in [1.165, 1.54) is 0 Å². The van der Waals surface area contributed by atoms with Crippen LogP contribution in [0.4, 0.5) is 4.79 Å². The van der Waals surface area contributed by atoms with Crippen LogP contribution >= 0.6 is 0 Å². The molecule has 5 heteroatoms. The first-order valence-corrected chi connectivity index (χ1v) is 7.28. The topological polar surface area (TPSA) is 65.5 Å². The number of aryl methyl sites for hydroxylation is 1. The molecule has 2 N–H and O–H groups in total. The Morgan fingerprint density at radius 2 is 2.40 bits per heavy atom. The molecule has 2 rings (SSSR count). The lowest BCUT2D eigenvalue weighted by Crippen LogP contribution is -2.48. The van der Waals surface area contributed by atoms with Crippen molar-refractivity contribution in [2.75, 3.05) is 13.2 Å². The summed E-state index contributed by atoms with van der Waals surface area (Å²) in [7, 11) is 0. The molecule has 0 radical (unpaired) electrons. The molecule has 0 aromatic carbocycles. The lowest BCUT2D eigenvalue weighted by atomic mass is 10.0. The molecule has 1 aromatic rings. The van der Waals surface area contributed by atoms with Crippen molar-refractivity contribution in [1.82, 2.24) is 15.2 Å². The van der Waals surface area contributed by atoms with Gasteiger partial charge in [-0.25, -0.2) is 4.79 Å². The minimum atomic E-state index is -0.0480. The van der Waals surface area contributed by atoms with Crippen molar-refractivity contribution in [3.05, 3.63) is 29.6 Å². The highest BCUT2D eigenvalue weighted by Crippen LogP contribution is 2.19. The number of aliphatic hydroxyl groups excluding tert-OH is 1. The maximum atomic E-state index is 12.3. The number of nitrogens with zero attached hydrogens (tertiary/aromatic N) is 2. The van der Waals surface area contributed by atoms with Gasteiger partial charge in [0.05, 0.1) is 12.2 Å². The van der Waals surface area contributed by atoms with Crippen LogP contribution in [0.5, 0.6) is 0 Å². The molecule has 1 aliphatic heterocycles. The standard InChI is InChI=1S/C15H23N3O2/c1-12-5-4-8-16-14(12)11-17-15(20)18-9-3-2-6-13(18)7-10-19/h4-5,8,13,19H,2-3,6-7,9-11H2,1H3,(H,17,20). The zero-order chi connectivity index (χ0) is 14.4. The largest absolute Gasteiger partial charge is 0.396 e. The minimum Gasteiger partial charge on any atom is -0.396 e. The number of likely N-dealkylation sites (tertiary alicyclic amines) is 1. The van der Waals surface area contributed by atoms with Gasteiger partial charge in [-0.3, -0.25) is 4.98 Å². The number of nitrogens with one attached hydrogen (secondary N) is 1. The number of hydrogen-bond acceptors (Lipinski definition) is 3. The van der Waals surface area contributed by atoms with Crippen molar-refractivity contribution in [2.24, 2.45) is 0 Å². The van der Waals surface area contributed by atoms with Crippen LogP contribution in [0.25, 0.3) is 0 Å². The maximum absolute atomic E-state index is 12.3. The Kier molecular flexibility index (Phi) is 5.35. The van der Waals surface area contributed by atoms with Crippen LogP contribution in [0.3, 0.4) is 0 Å². The summed E-state index contributed by atoms with van der Waals surface area (Å²) in [5, 5.41) is 12.0. The summed E-state index contributed by atoms with van der Waals surface area (Å²) in [6, 6.07) is 4.00. The van der Waals surface area contributed by atoms with E-state index in [1.807, 2.05) is 24.0 Å². The van der Waals surface area contributed by atoms with Gasteiger partial charge < -0.3 is 15.3 Å². The molecule has 2 amide bonds. The molecule has 0 bridgehead atoms. The van der Waals surface area contributed by atoms with Crippen LogP contribution in [-0.2, 0) is 6.54 Å². The monoisotopic (exact) mass is 277 g/mol. The fourth-order valence-corrected chi connectivity index (χ4v) is 2.68. The molecule has 1 aromatic heterocycles. The smallest absolute Gasteiger partial charge is 0.317 e. The second-order valence-electron chi connectivity index (χ2n) is 5.28. The number of carbonyl (C=O) groups excluding carboxylic acids is 1. The number of carbonyl (C=O) groups is 1. The van der Waals surface area contributed by atoms with Gasteiger partial charge in [-0.2, -0.15) is 0 Å². The highest BCUT2D eigenvalue weighted by Gasteiger charge is 2.25. The van der Waals surface area contributed by atoms with E-state index in [0.717, 1.165) is 37.1 Å². The Morgan fingerprint density at radius 1 is 1.55 bits per heavy atom. The average molecular weight is 277 g/mol. The summed E-state index contributed by atoms with van der Waals surface area (Å²) in [6.07, 6.45) is 5.56. The third kappa shape index (κ3) is 3.70. The van der Waals surface area contributed by atoms with Crippen LogP contribution in [0, 0.1) is 6.92 Å². The number of urea groups is 1. The predicted molar refractivity (Wildman–Crippen MR) is 77.3 cm³/mol. The number of aromatic nitrogens is 1. The molecule has 2 heterocycles. The molecular formula is C15H23N3O2. The van der Waals surface area contributed by atoms with Gasteiger partial charge >= 0.3 is 6.03 Å². The van der Waals surface area contributed by atoms with Crippen LogP contribution in [0.2, 0.25) is 0 Å². The van der Waals surface area contributed by atoms with Crippen LogP contribution in [0.15, 0.2) is 18.3 Å². The third-order valence-corrected chi connectivity index (χ3v) is 3.88. The van der Waals surface area contributed by atoms with E-state index in [9.17, 15) is 4.79 Å². The Labute approximate surface area is 120 Å². The van der Waals surface area contributed by atoms with Crippen LogP contribution < -0.4 is 5.32 Å². The molecule has 1 saturated heterocycles. The Bertz CT molecular complexity index is 448. The fourth-order valence-electron chi connectivity index (χ4n) is 2.68. The quantitative estimate of drug-likeness (QED) is 0.882. The van der Waals surface area contributed by atoms with Crippen molar-refractivity contribution in [2.45, 2.75) is 45.2 Å². The first kappa shape index (κ1) is 14.8. The second kappa shape index (κ2) is 7.24. The van der Waals surface area contributed by atoms with Crippen LogP contribution in [-0.4, -0.2) is 40.2 Å². The summed E-state index contributed by atoms with van der Waals surface area (Å²) in [5.74, 6) is 0. The normalized spacial score (nSPS) is 18.9. The van der Waals surface area contributed by atoms with Gasteiger partial charge in [-0.15, -0.1) is 0 Å². The minimum absolute atomic E-state index is 0.0480. The first-order chi connectivity index (χ1) is 9.72. The van der Waals surface area contributed by atoms with Crippen molar-refractivity contribution in [3.63, 3.8) is 0 Å². The zero-order valence-electron chi connectivity index (χ0n) is 12.0. The molecule has 0 spiro atoms. The number of aliphatic hydroxyl groups is 1. The van der Waals surface area contributed by atoms with E-state index in [-0.39, 0.29) is 18.7 Å². The van der Waals surface area contributed by atoms with Crippen molar-refractivity contribution >= 4 is 6.03 Å². The maximum Gasteiger partial charge on any atom is 0.317 e. The molecule has 1 aliphatic rings. The highest BCUT2D eigenvalue weighted by molar-refractivity contribution is 5.74. The Morgan fingerprint density at radius 3 is 3.15 bits per heavy atom. The average Bonchev–Trinajstić information content (AvgIpc) is 2.47. The van der Waals surface area contributed by atoms with Crippen molar-refractivity contribution in [3.8, 4) is 0 Å². The zero-order valence-corrected chi connectivity index (χ0v) is 12.0. The number of amides is 2.